The molecule has 0 aromatic carbocycles. The van der Waals surface area contributed by atoms with Gasteiger partial charge < -0.3 is 19.8 Å². The minimum Gasteiger partial charge on any atom is -0.387 e. The third-order valence-corrected chi connectivity index (χ3v) is 12.8. The van der Waals surface area contributed by atoms with Gasteiger partial charge in [-0.15, -0.1) is 0 Å². The van der Waals surface area contributed by atoms with Gasteiger partial charge in [0.25, 0.3) is 0 Å². The quantitative estimate of drug-likeness (QED) is 0.0243. The van der Waals surface area contributed by atoms with Gasteiger partial charge in [0.15, 0.2) is 0 Å². The molecule has 0 aliphatic carbocycles. The summed E-state index contributed by atoms with van der Waals surface area (Å²) in [6, 6.07) is -0.865. The van der Waals surface area contributed by atoms with Gasteiger partial charge in [0.2, 0.25) is 5.91 Å². The fraction of sp³-hybridized carbons (Fsp3) is 0.868. The van der Waals surface area contributed by atoms with Crippen molar-refractivity contribution in [3.63, 3.8) is 0 Å². The first-order valence-electron chi connectivity index (χ1n) is 26.4. The molecule has 0 radical (unpaired) electrons. The lowest BCUT2D eigenvalue weighted by Crippen LogP contribution is -2.45. The number of aliphatic hydroxyl groups is 1. The first-order chi connectivity index (χ1) is 30.0. The summed E-state index contributed by atoms with van der Waals surface area (Å²) in [5.41, 5.74) is 0. The lowest BCUT2D eigenvalue weighted by molar-refractivity contribution is -0.870. The zero-order chi connectivity index (χ0) is 45.7. The zero-order valence-electron chi connectivity index (χ0n) is 41.6. The van der Waals surface area contributed by atoms with Crippen molar-refractivity contribution in [3.8, 4) is 0 Å². The molecule has 62 heavy (non-hydrogen) atoms. The predicted octanol–water partition coefficient (Wildman–Crippen LogP) is 15.4. The molecule has 3 atom stereocenters. The molecule has 3 N–H and O–H groups in total. The molecule has 0 spiro atoms. The number of hydrogen-bond acceptors (Lipinski definition) is 5. The van der Waals surface area contributed by atoms with Crippen LogP contribution in [0.1, 0.15) is 245 Å². The van der Waals surface area contributed by atoms with E-state index in [2.05, 4.69) is 43.5 Å². The molecule has 0 aliphatic heterocycles. The van der Waals surface area contributed by atoms with E-state index in [9.17, 15) is 19.4 Å². The zero-order valence-corrected chi connectivity index (χ0v) is 42.5. The summed E-state index contributed by atoms with van der Waals surface area (Å²) < 4.78 is 23.5. The lowest BCUT2D eigenvalue weighted by atomic mass is 10.0. The minimum absolute atomic E-state index is 0.0544. The molecule has 0 heterocycles. The summed E-state index contributed by atoms with van der Waals surface area (Å²) in [6.45, 7) is 4.68. The van der Waals surface area contributed by atoms with Crippen LogP contribution < -0.4 is 5.32 Å². The number of unbranched alkanes of at least 4 members (excludes halogenated alkanes) is 31. The van der Waals surface area contributed by atoms with Crippen molar-refractivity contribution in [1.82, 2.24) is 5.32 Å². The highest BCUT2D eigenvalue weighted by molar-refractivity contribution is 7.47. The van der Waals surface area contributed by atoms with Crippen LogP contribution in [0, 0.1) is 0 Å². The van der Waals surface area contributed by atoms with Crippen LogP contribution in [-0.2, 0) is 18.4 Å². The number of phosphoric acid groups is 1. The molecule has 9 heteroatoms. The number of quaternary nitrogens is 1. The van der Waals surface area contributed by atoms with Crippen LogP contribution in [0.3, 0.4) is 0 Å². The number of carbonyl (C=O) groups is 1. The highest BCUT2D eigenvalue weighted by Gasteiger charge is 2.27. The fourth-order valence-corrected chi connectivity index (χ4v) is 8.47. The molecule has 0 saturated heterocycles. The van der Waals surface area contributed by atoms with Gasteiger partial charge in [-0.3, -0.25) is 13.8 Å². The van der Waals surface area contributed by atoms with E-state index >= 15 is 0 Å². The van der Waals surface area contributed by atoms with Crippen LogP contribution in [0.25, 0.3) is 0 Å². The molecule has 3 unspecified atom stereocenters. The maximum atomic E-state index is 12.9. The molecular weight excluding hydrogens is 792 g/mol. The summed E-state index contributed by atoms with van der Waals surface area (Å²) in [5.74, 6) is -0.190. The van der Waals surface area contributed by atoms with Gasteiger partial charge in [-0.2, -0.15) is 0 Å². The Labute approximate surface area is 385 Å². The van der Waals surface area contributed by atoms with Crippen LogP contribution >= 0.6 is 7.82 Å². The van der Waals surface area contributed by atoms with Gasteiger partial charge in [0.05, 0.1) is 39.9 Å². The third kappa shape index (κ3) is 46.7. The van der Waals surface area contributed by atoms with E-state index in [1.165, 1.54) is 173 Å². The number of nitrogens with zero attached hydrogens (tertiary/aromatic N) is 1. The summed E-state index contributed by atoms with van der Waals surface area (Å²) in [6.07, 6.45) is 57.0. The molecule has 0 fully saturated rings. The molecule has 0 aliphatic rings. The predicted molar refractivity (Wildman–Crippen MR) is 268 cm³/mol. The van der Waals surface area contributed by atoms with Crippen molar-refractivity contribution in [2.24, 2.45) is 0 Å². The molecule has 1 amide bonds. The van der Waals surface area contributed by atoms with E-state index in [4.69, 9.17) is 9.05 Å². The Morgan fingerprint density at radius 2 is 0.903 bits per heavy atom. The first kappa shape index (κ1) is 60.7. The van der Waals surface area contributed by atoms with Crippen molar-refractivity contribution in [3.05, 3.63) is 36.5 Å². The van der Waals surface area contributed by atoms with Crippen molar-refractivity contribution in [1.29, 1.82) is 0 Å². The SMILES string of the molecule is CC/C=C/CC/C=C/CC/C=C/C(O)C(COP(=O)(O)OCC[N+](C)(C)C)NC(=O)CCCCCCCCCCCCCCCCCCCCCCCCCCCCCCCC. The monoisotopic (exact) mass is 896 g/mol. The average molecular weight is 896 g/mol. The summed E-state index contributed by atoms with van der Waals surface area (Å²) in [4.78, 5) is 23.1. The maximum Gasteiger partial charge on any atom is 0.472 e. The Bertz CT molecular complexity index is 1110. The second-order valence-electron chi connectivity index (χ2n) is 19.2. The molecule has 0 bridgehead atoms. The van der Waals surface area contributed by atoms with E-state index in [0.29, 0.717) is 17.4 Å². The van der Waals surface area contributed by atoms with Crippen LogP contribution in [0.5, 0.6) is 0 Å². The number of amides is 1. The van der Waals surface area contributed by atoms with Gasteiger partial charge >= 0.3 is 7.82 Å². The van der Waals surface area contributed by atoms with Crippen LogP contribution in [0.4, 0.5) is 0 Å². The topological polar surface area (TPSA) is 105 Å². The van der Waals surface area contributed by atoms with Gasteiger partial charge in [-0.25, -0.2) is 4.57 Å². The normalized spacial score (nSPS) is 14.4. The molecule has 0 saturated carbocycles. The highest BCUT2D eigenvalue weighted by Crippen LogP contribution is 2.43. The molecule has 366 valence electrons. The number of phosphoric ester groups is 1. The Balaban J connectivity index is 3.99. The first-order valence-corrected chi connectivity index (χ1v) is 27.9. The average Bonchev–Trinajstić information content (AvgIpc) is 3.23. The van der Waals surface area contributed by atoms with Crippen LogP contribution in [0.2, 0.25) is 0 Å². The lowest BCUT2D eigenvalue weighted by Gasteiger charge is -2.25. The summed E-state index contributed by atoms with van der Waals surface area (Å²) in [7, 11) is 1.55. The largest absolute Gasteiger partial charge is 0.472 e. The maximum absolute atomic E-state index is 12.9. The van der Waals surface area contributed by atoms with E-state index < -0.39 is 20.0 Å². The number of aliphatic hydroxyl groups excluding tert-OH is 1. The van der Waals surface area contributed by atoms with Crippen LogP contribution in [-0.4, -0.2) is 73.4 Å². The fourth-order valence-electron chi connectivity index (χ4n) is 7.73. The van der Waals surface area contributed by atoms with Gasteiger partial charge in [0.1, 0.15) is 13.2 Å². The van der Waals surface area contributed by atoms with Gasteiger partial charge in [0, 0.05) is 6.42 Å². The number of rotatable bonds is 48. The molecule has 0 rings (SSSR count). The third-order valence-electron chi connectivity index (χ3n) is 11.9. The van der Waals surface area contributed by atoms with Crippen molar-refractivity contribution in [2.75, 3.05) is 40.9 Å². The number of carbonyl (C=O) groups excluding carboxylic acids is 1. The molecular formula is C53H104N2O6P+. The highest BCUT2D eigenvalue weighted by atomic mass is 31.2. The Hall–Kier alpha value is -1.28. The second-order valence-corrected chi connectivity index (χ2v) is 20.7. The molecule has 0 aromatic heterocycles. The number of nitrogens with one attached hydrogen (secondary N) is 1. The van der Waals surface area contributed by atoms with Crippen LogP contribution in [0.15, 0.2) is 36.5 Å². The van der Waals surface area contributed by atoms with Crippen molar-refractivity contribution in [2.45, 2.75) is 257 Å². The number of likely N-dealkylation sites (N-methyl/N-ethyl adjacent to an activating group) is 1. The molecule has 0 aromatic rings. The summed E-state index contributed by atoms with van der Waals surface area (Å²) >= 11 is 0. The summed E-state index contributed by atoms with van der Waals surface area (Å²) in [5, 5.41) is 13.8. The Morgan fingerprint density at radius 3 is 1.27 bits per heavy atom. The number of hydrogen-bond donors (Lipinski definition) is 3. The smallest absolute Gasteiger partial charge is 0.387 e. The second kappa shape index (κ2) is 44.9. The van der Waals surface area contributed by atoms with E-state index in [1.807, 2.05) is 27.2 Å². The van der Waals surface area contributed by atoms with E-state index in [1.54, 1.807) is 6.08 Å². The minimum atomic E-state index is -4.35. The standard InChI is InChI=1S/C53H103N2O6P/c1-6-8-10-12-14-16-18-19-20-21-22-23-24-25-26-27-28-29-30-31-32-33-34-35-36-37-39-41-43-45-47-53(57)54-51(50-61-62(58,59)60-49-48-55(3,4)5)52(56)46-44-42-40-38-17-15-13-11-9-7-2/h9,11,17,38,44,46,51-52,56H,6-8,10,12-16,18-37,39-43,45,47-50H2,1-5H3,(H-,54,57,58,59)/p+1/b11-9+,38-17+,46-44+. The number of allylic oxidation sites excluding steroid dienone is 5. The van der Waals surface area contributed by atoms with E-state index in [0.717, 1.165) is 51.4 Å². The van der Waals surface area contributed by atoms with E-state index in [-0.39, 0.29) is 19.1 Å². The molecule has 8 nitrogen and oxygen atoms in total. The van der Waals surface area contributed by atoms with Gasteiger partial charge in [-0.05, 0) is 38.5 Å². The Morgan fingerprint density at radius 1 is 0.548 bits per heavy atom. The van der Waals surface area contributed by atoms with Crippen molar-refractivity contribution < 1.29 is 32.9 Å². The van der Waals surface area contributed by atoms with Gasteiger partial charge in [-0.1, -0.05) is 237 Å². The van der Waals surface area contributed by atoms with Crippen molar-refractivity contribution >= 4 is 13.7 Å². The Kier molecular flexibility index (Phi) is 44.0.